The highest BCUT2D eigenvalue weighted by Crippen LogP contribution is 2.36. The SMILES string of the molecule is CNC(c1cccc(C)c1Cl)C(C)(C)C. The summed E-state index contributed by atoms with van der Waals surface area (Å²) in [6.45, 7) is 8.69. The topological polar surface area (TPSA) is 12.0 Å². The average molecular weight is 226 g/mol. The first kappa shape index (κ1) is 12.5. The molecule has 1 rings (SSSR count). The fourth-order valence-corrected chi connectivity index (χ4v) is 2.18. The Morgan fingerprint density at radius 1 is 1.27 bits per heavy atom. The van der Waals surface area contributed by atoms with Crippen LogP contribution in [-0.2, 0) is 0 Å². The number of benzene rings is 1. The van der Waals surface area contributed by atoms with Gasteiger partial charge in [0.1, 0.15) is 0 Å². The summed E-state index contributed by atoms with van der Waals surface area (Å²) in [5.41, 5.74) is 2.48. The van der Waals surface area contributed by atoms with Gasteiger partial charge >= 0.3 is 0 Å². The zero-order valence-electron chi connectivity index (χ0n) is 10.2. The van der Waals surface area contributed by atoms with Gasteiger partial charge in [-0.15, -0.1) is 0 Å². The third-order valence-corrected chi connectivity index (χ3v) is 3.20. The molecule has 15 heavy (non-hydrogen) atoms. The molecule has 0 aliphatic carbocycles. The second-order valence-electron chi connectivity index (χ2n) is 5.07. The lowest BCUT2D eigenvalue weighted by Gasteiger charge is -2.31. The van der Waals surface area contributed by atoms with E-state index in [4.69, 9.17) is 11.6 Å². The predicted molar refractivity (Wildman–Crippen MR) is 67.4 cm³/mol. The molecule has 0 aliphatic heterocycles. The van der Waals surface area contributed by atoms with E-state index in [2.05, 4.69) is 38.2 Å². The fourth-order valence-electron chi connectivity index (χ4n) is 1.95. The van der Waals surface area contributed by atoms with Crippen molar-refractivity contribution in [2.75, 3.05) is 7.05 Å². The minimum absolute atomic E-state index is 0.159. The summed E-state index contributed by atoms with van der Waals surface area (Å²) in [6.07, 6.45) is 0. The average Bonchev–Trinajstić information content (AvgIpc) is 2.11. The summed E-state index contributed by atoms with van der Waals surface area (Å²) in [5.74, 6) is 0. The number of nitrogens with one attached hydrogen (secondary N) is 1. The van der Waals surface area contributed by atoms with Crippen LogP contribution in [0.3, 0.4) is 0 Å². The lowest BCUT2D eigenvalue weighted by molar-refractivity contribution is 0.287. The Kier molecular flexibility index (Phi) is 3.80. The van der Waals surface area contributed by atoms with Crippen molar-refractivity contribution in [3.8, 4) is 0 Å². The lowest BCUT2D eigenvalue weighted by atomic mass is 9.82. The van der Waals surface area contributed by atoms with E-state index < -0.39 is 0 Å². The molecule has 0 bridgehead atoms. The Balaban J connectivity index is 3.19. The number of rotatable bonds is 2. The first-order chi connectivity index (χ1) is 6.88. The van der Waals surface area contributed by atoms with E-state index in [9.17, 15) is 0 Å². The summed E-state index contributed by atoms with van der Waals surface area (Å²) in [4.78, 5) is 0. The maximum Gasteiger partial charge on any atom is 0.0483 e. The number of aryl methyl sites for hydroxylation is 1. The third-order valence-electron chi connectivity index (χ3n) is 2.69. The van der Waals surface area contributed by atoms with Crippen molar-refractivity contribution < 1.29 is 0 Å². The largest absolute Gasteiger partial charge is 0.313 e. The van der Waals surface area contributed by atoms with Crippen LogP contribution < -0.4 is 5.32 Å². The van der Waals surface area contributed by atoms with E-state index in [1.54, 1.807) is 0 Å². The van der Waals surface area contributed by atoms with Gasteiger partial charge in [-0.1, -0.05) is 50.6 Å². The number of hydrogen-bond donors (Lipinski definition) is 1. The first-order valence-electron chi connectivity index (χ1n) is 5.30. The molecule has 0 spiro atoms. The second kappa shape index (κ2) is 4.54. The van der Waals surface area contributed by atoms with Crippen molar-refractivity contribution in [2.45, 2.75) is 33.7 Å². The molecule has 1 N–H and O–H groups in total. The maximum atomic E-state index is 6.33. The van der Waals surface area contributed by atoms with Gasteiger partial charge < -0.3 is 5.32 Å². The molecule has 0 aliphatic rings. The molecule has 0 heterocycles. The quantitative estimate of drug-likeness (QED) is 0.804. The van der Waals surface area contributed by atoms with Crippen molar-refractivity contribution in [1.82, 2.24) is 5.32 Å². The predicted octanol–water partition coefficient (Wildman–Crippen LogP) is 3.96. The third kappa shape index (κ3) is 2.73. The van der Waals surface area contributed by atoms with Crippen LogP contribution in [0.25, 0.3) is 0 Å². The Bertz CT molecular complexity index is 339. The molecule has 1 nitrogen and oxygen atoms in total. The Morgan fingerprint density at radius 2 is 1.87 bits per heavy atom. The molecule has 2 heteroatoms. The van der Waals surface area contributed by atoms with Crippen molar-refractivity contribution >= 4 is 11.6 Å². The van der Waals surface area contributed by atoms with Crippen molar-refractivity contribution in [3.05, 3.63) is 34.3 Å². The monoisotopic (exact) mass is 225 g/mol. The van der Waals surface area contributed by atoms with Crippen LogP contribution in [0.1, 0.15) is 37.9 Å². The van der Waals surface area contributed by atoms with Crippen LogP contribution in [0.4, 0.5) is 0 Å². The molecule has 1 atom stereocenters. The molecule has 0 aromatic heterocycles. The van der Waals surface area contributed by atoms with Gasteiger partial charge in [0.15, 0.2) is 0 Å². The van der Waals surface area contributed by atoms with Crippen LogP contribution in [0, 0.1) is 12.3 Å². The molecule has 1 aromatic rings. The Hall–Kier alpha value is -0.530. The molecular formula is C13H20ClN. The normalized spacial score (nSPS) is 14.0. The highest BCUT2D eigenvalue weighted by atomic mass is 35.5. The summed E-state index contributed by atoms with van der Waals surface area (Å²) in [7, 11) is 1.98. The van der Waals surface area contributed by atoms with Gasteiger partial charge in [0, 0.05) is 11.1 Å². The highest BCUT2D eigenvalue weighted by molar-refractivity contribution is 6.32. The fraction of sp³-hybridized carbons (Fsp3) is 0.538. The van der Waals surface area contributed by atoms with Crippen molar-refractivity contribution in [1.29, 1.82) is 0 Å². The number of halogens is 1. The lowest BCUT2D eigenvalue weighted by Crippen LogP contribution is -2.29. The molecule has 0 radical (unpaired) electrons. The van der Waals surface area contributed by atoms with Gasteiger partial charge in [-0.3, -0.25) is 0 Å². The van der Waals surface area contributed by atoms with Crippen molar-refractivity contribution in [2.24, 2.45) is 5.41 Å². The van der Waals surface area contributed by atoms with Gasteiger partial charge in [-0.05, 0) is 30.5 Å². The zero-order valence-corrected chi connectivity index (χ0v) is 10.9. The molecular weight excluding hydrogens is 206 g/mol. The molecule has 0 fully saturated rings. The van der Waals surface area contributed by atoms with E-state index >= 15 is 0 Å². The van der Waals surface area contributed by atoms with Crippen LogP contribution in [0.5, 0.6) is 0 Å². The molecule has 0 amide bonds. The van der Waals surface area contributed by atoms with Gasteiger partial charge in [0.05, 0.1) is 0 Å². The first-order valence-corrected chi connectivity index (χ1v) is 5.68. The molecule has 0 saturated carbocycles. The Morgan fingerprint density at radius 3 is 2.33 bits per heavy atom. The van der Waals surface area contributed by atoms with E-state index in [0.717, 1.165) is 10.6 Å². The molecule has 1 unspecified atom stereocenters. The molecule has 84 valence electrons. The van der Waals surface area contributed by atoms with Gasteiger partial charge in [-0.25, -0.2) is 0 Å². The van der Waals surface area contributed by atoms with Crippen LogP contribution in [-0.4, -0.2) is 7.05 Å². The maximum absolute atomic E-state index is 6.33. The van der Waals surface area contributed by atoms with E-state index in [1.165, 1.54) is 5.56 Å². The highest BCUT2D eigenvalue weighted by Gasteiger charge is 2.26. The summed E-state index contributed by atoms with van der Waals surface area (Å²) >= 11 is 6.33. The van der Waals surface area contributed by atoms with E-state index in [1.807, 2.05) is 20.0 Å². The van der Waals surface area contributed by atoms with Gasteiger partial charge in [0.25, 0.3) is 0 Å². The Labute approximate surface area is 97.8 Å². The minimum atomic E-state index is 0.159. The number of hydrogen-bond acceptors (Lipinski definition) is 1. The zero-order chi connectivity index (χ0) is 11.6. The van der Waals surface area contributed by atoms with E-state index in [-0.39, 0.29) is 11.5 Å². The minimum Gasteiger partial charge on any atom is -0.313 e. The molecule has 0 saturated heterocycles. The summed E-state index contributed by atoms with van der Waals surface area (Å²) in [5, 5.41) is 4.22. The van der Waals surface area contributed by atoms with Crippen molar-refractivity contribution in [3.63, 3.8) is 0 Å². The second-order valence-corrected chi connectivity index (χ2v) is 5.44. The van der Waals surface area contributed by atoms with Gasteiger partial charge in [0.2, 0.25) is 0 Å². The van der Waals surface area contributed by atoms with Crippen LogP contribution >= 0.6 is 11.6 Å². The van der Waals surface area contributed by atoms with Gasteiger partial charge in [-0.2, -0.15) is 0 Å². The standard InChI is InChI=1S/C13H20ClN/c1-9-7-6-8-10(11(9)14)12(15-5)13(2,3)4/h6-8,12,15H,1-5H3. The summed E-state index contributed by atoms with van der Waals surface area (Å²) < 4.78 is 0. The molecule has 1 aromatic carbocycles. The van der Waals surface area contributed by atoms with Crippen LogP contribution in [0.2, 0.25) is 5.02 Å². The smallest absolute Gasteiger partial charge is 0.0483 e. The summed E-state index contributed by atoms with van der Waals surface area (Å²) in [6, 6.07) is 6.49. The van der Waals surface area contributed by atoms with Crippen LogP contribution in [0.15, 0.2) is 18.2 Å². The van der Waals surface area contributed by atoms with E-state index in [0.29, 0.717) is 0 Å².